The van der Waals surface area contributed by atoms with Gasteiger partial charge in [-0.05, 0) is 64.2 Å². The number of hydrogen-bond donors (Lipinski definition) is 3. The number of aliphatic hydroxyl groups is 1. The molecule has 0 saturated carbocycles. The minimum Gasteiger partial charge on any atom is -0.478 e. The largest absolute Gasteiger partial charge is 0.478 e. The summed E-state index contributed by atoms with van der Waals surface area (Å²) in [6.45, 7) is 0.262. The SMILES string of the molecule is O=C(NCc1cccc(-c2cccc(C3OC(CSc4ncccc4C(=O)O)CC(c4ccc(CO)cc4)O3)c2)c1)c1cnc2ccccc2n1. The fourth-order valence-electron chi connectivity index (χ4n) is 5.93. The van der Waals surface area contributed by atoms with Crippen LogP contribution in [0.3, 0.4) is 0 Å². The zero-order chi connectivity index (χ0) is 35.2. The molecule has 10 nitrogen and oxygen atoms in total. The minimum atomic E-state index is -1.03. The maximum Gasteiger partial charge on any atom is 0.338 e. The van der Waals surface area contributed by atoms with Gasteiger partial charge in [-0.3, -0.25) is 9.78 Å². The molecular weight excluding hydrogens is 665 g/mol. The molecule has 3 atom stereocenters. The third kappa shape index (κ3) is 8.13. The Hall–Kier alpha value is -5.46. The molecule has 0 spiro atoms. The fraction of sp³-hybridized carbons (Fsp3) is 0.175. The van der Waals surface area contributed by atoms with Crippen LogP contribution in [0.1, 0.15) is 61.9 Å². The quantitative estimate of drug-likeness (QED) is 0.119. The van der Waals surface area contributed by atoms with Gasteiger partial charge in [0, 0.05) is 30.5 Å². The zero-order valence-corrected chi connectivity index (χ0v) is 28.2. The molecular formula is C40H34N4O6S. The monoisotopic (exact) mass is 698 g/mol. The van der Waals surface area contributed by atoms with Crippen molar-refractivity contribution >= 4 is 34.7 Å². The molecule has 0 bridgehead atoms. The van der Waals surface area contributed by atoms with Crippen molar-refractivity contribution in [1.82, 2.24) is 20.3 Å². The number of ether oxygens (including phenoxy) is 2. The van der Waals surface area contributed by atoms with Crippen LogP contribution in [0.4, 0.5) is 0 Å². The first-order chi connectivity index (χ1) is 24.9. The molecule has 1 fully saturated rings. The summed E-state index contributed by atoms with van der Waals surface area (Å²) in [6, 6.07) is 34.2. The second-order valence-electron chi connectivity index (χ2n) is 12.1. The summed E-state index contributed by atoms with van der Waals surface area (Å²) in [4.78, 5) is 37.8. The number of carboxylic acids is 1. The summed E-state index contributed by atoms with van der Waals surface area (Å²) < 4.78 is 13.1. The van der Waals surface area contributed by atoms with Gasteiger partial charge in [-0.25, -0.2) is 14.8 Å². The summed E-state index contributed by atoms with van der Waals surface area (Å²) >= 11 is 1.35. The van der Waals surface area contributed by atoms with E-state index in [1.165, 1.54) is 18.0 Å². The lowest BCUT2D eigenvalue weighted by Gasteiger charge is -2.36. The number of rotatable bonds is 11. The number of aliphatic hydroxyl groups excluding tert-OH is 1. The Kier molecular flexibility index (Phi) is 10.4. The number of aromatic carboxylic acids is 1. The lowest BCUT2D eigenvalue weighted by molar-refractivity contribution is -0.245. The molecule has 3 heterocycles. The molecule has 0 aliphatic carbocycles. The van der Waals surface area contributed by atoms with Crippen molar-refractivity contribution in [3.05, 3.63) is 155 Å². The van der Waals surface area contributed by atoms with Gasteiger partial charge in [-0.2, -0.15) is 0 Å². The van der Waals surface area contributed by atoms with Crippen LogP contribution >= 0.6 is 11.8 Å². The predicted octanol–water partition coefficient (Wildman–Crippen LogP) is 7.15. The molecule has 11 heteroatoms. The average molecular weight is 699 g/mol. The van der Waals surface area contributed by atoms with E-state index in [0.717, 1.165) is 38.9 Å². The number of thioether (sulfide) groups is 1. The number of carbonyl (C=O) groups is 2. The number of nitrogens with zero attached hydrogens (tertiary/aromatic N) is 3. The topological polar surface area (TPSA) is 144 Å². The number of nitrogens with one attached hydrogen (secondary N) is 1. The second kappa shape index (κ2) is 15.6. The smallest absolute Gasteiger partial charge is 0.338 e. The van der Waals surface area contributed by atoms with Gasteiger partial charge >= 0.3 is 5.97 Å². The molecule has 51 heavy (non-hydrogen) atoms. The van der Waals surface area contributed by atoms with Crippen LogP contribution in [0, 0.1) is 0 Å². The van der Waals surface area contributed by atoms with E-state index in [-0.39, 0.29) is 36.0 Å². The maximum atomic E-state index is 12.9. The Morgan fingerprint density at radius 1 is 0.804 bits per heavy atom. The van der Waals surface area contributed by atoms with Crippen molar-refractivity contribution in [2.45, 2.75) is 43.1 Å². The number of hydrogen-bond acceptors (Lipinski definition) is 9. The lowest BCUT2D eigenvalue weighted by Crippen LogP contribution is -2.31. The number of carboxylic acid groups (broad SMARTS) is 1. The average Bonchev–Trinajstić information content (AvgIpc) is 3.19. The highest BCUT2D eigenvalue weighted by Crippen LogP contribution is 2.40. The number of pyridine rings is 1. The van der Waals surface area contributed by atoms with Gasteiger partial charge in [0.1, 0.15) is 10.7 Å². The molecule has 0 radical (unpaired) electrons. The third-order valence-electron chi connectivity index (χ3n) is 8.58. The van der Waals surface area contributed by atoms with E-state index in [1.807, 2.05) is 97.1 Å². The van der Waals surface area contributed by atoms with Crippen LogP contribution < -0.4 is 5.32 Å². The highest BCUT2D eigenvalue weighted by Gasteiger charge is 2.33. The molecule has 256 valence electrons. The predicted molar refractivity (Wildman–Crippen MR) is 193 cm³/mol. The number of amides is 1. The van der Waals surface area contributed by atoms with Crippen LogP contribution in [0.15, 0.2) is 127 Å². The van der Waals surface area contributed by atoms with E-state index in [9.17, 15) is 19.8 Å². The summed E-state index contributed by atoms with van der Waals surface area (Å²) in [5.74, 6) is -0.857. The standard InChI is InChI=1S/C40H34N4O6S/c45-23-25-13-15-27(16-14-25)36-20-31(24-51-38-32(39(47)48)10-5-17-41-38)49-40(50-36)30-9-4-8-29(19-30)28-7-3-6-26(18-28)21-43-37(46)35-22-42-33-11-1-2-12-34(33)44-35/h1-19,22,31,36,40,45H,20-21,23-24H2,(H,43,46)(H,47,48). The van der Waals surface area contributed by atoms with Crippen LogP contribution in [-0.4, -0.2) is 48.9 Å². The molecule has 1 saturated heterocycles. The fourth-order valence-corrected chi connectivity index (χ4v) is 6.93. The zero-order valence-electron chi connectivity index (χ0n) is 27.4. The Balaban J connectivity index is 1.08. The number of aromatic nitrogens is 3. The van der Waals surface area contributed by atoms with Gasteiger partial charge < -0.3 is 25.0 Å². The first-order valence-corrected chi connectivity index (χ1v) is 17.4. The first kappa shape index (κ1) is 34.0. The second-order valence-corrected chi connectivity index (χ2v) is 13.1. The van der Waals surface area contributed by atoms with Gasteiger partial charge in [0.05, 0.1) is 41.6 Å². The molecule has 1 aliphatic rings. The number of benzene rings is 4. The van der Waals surface area contributed by atoms with Gasteiger partial charge in [0.15, 0.2) is 6.29 Å². The highest BCUT2D eigenvalue weighted by molar-refractivity contribution is 7.99. The maximum absolute atomic E-state index is 12.9. The molecule has 2 aromatic heterocycles. The minimum absolute atomic E-state index is 0.0493. The highest BCUT2D eigenvalue weighted by atomic mass is 32.2. The Labute approximate surface area is 298 Å². The molecule has 1 amide bonds. The van der Waals surface area contributed by atoms with E-state index in [4.69, 9.17) is 9.47 Å². The third-order valence-corrected chi connectivity index (χ3v) is 9.71. The van der Waals surface area contributed by atoms with E-state index in [2.05, 4.69) is 20.3 Å². The van der Waals surface area contributed by atoms with E-state index in [0.29, 0.717) is 29.3 Å². The van der Waals surface area contributed by atoms with Crippen molar-refractivity contribution < 1.29 is 29.3 Å². The first-order valence-electron chi connectivity index (χ1n) is 16.4. The van der Waals surface area contributed by atoms with Crippen LogP contribution in [0.5, 0.6) is 0 Å². The molecule has 7 rings (SSSR count). The molecule has 3 N–H and O–H groups in total. The Bertz CT molecular complexity index is 2180. The van der Waals surface area contributed by atoms with Gasteiger partial charge in [-0.15, -0.1) is 11.8 Å². The van der Waals surface area contributed by atoms with Gasteiger partial charge in [-0.1, -0.05) is 72.8 Å². The summed E-state index contributed by atoms with van der Waals surface area (Å²) in [6.07, 6.45) is 2.35. The summed E-state index contributed by atoms with van der Waals surface area (Å²) in [5, 5.41) is 22.6. The molecule has 4 aromatic carbocycles. The van der Waals surface area contributed by atoms with Crippen LogP contribution in [0.2, 0.25) is 0 Å². The molecule has 3 unspecified atom stereocenters. The van der Waals surface area contributed by atoms with Crippen LogP contribution in [0.25, 0.3) is 22.2 Å². The van der Waals surface area contributed by atoms with E-state index >= 15 is 0 Å². The molecule has 1 aliphatic heterocycles. The number of para-hydroxylation sites is 2. The van der Waals surface area contributed by atoms with Crippen LogP contribution in [-0.2, 0) is 22.6 Å². The van der Waals surface area contributed by atoms with Crippen molar-refractivity contribution in [3.63, 3.8) is 0 Å². The van der Waals surface area contributed by atoms with E-state index in [1.54, 1.807) is 18.3 Å². The van der Waals surface area contributed by atoms with E-state index < -0.39 is 12.3 Å². The Morgan fingerprint density at radius 2 is 1.59 bits per heavy atom. The number of carbonyl (C=O) groups excluding carboxylic acids is 1. The van der Waals surface area contributed by atoms with Crippen molar-refractivity contribution in [2.24, 2.45) is 0 Å². The lowest BCUT2D eigenvalue weighted by atomic mass is 9.99. The molecule has 6 aromatic rings. The summed E-state index contributed by atoms with van der Waals surface area (Å²) in [5.41, 5.74) is 7.23. The van der Waals surface area contributed by atoms with Crippen molar-refractivity contribution in [3.8, 4) is 11.1 Å². The number of fused-ring (bicyclic) bond motifs is 1. The summed E-state index contributed by atoms with van der Waals surface area (Å²) in [7, 11) is 0. The van der Waals surface area contributed by atoms with Crippen molar-refractivity contribution in [1.29, 1.82) is 0 Å². The van der Waals surface area contributed by atoms with Crippen molar-refractivity contribution in [2.75, 3.05) is 5.75 Å². The van der Waals surface area contributed by atoms with Gasteiger partial charge in [0.25, 0.3) is 5.91 Å². The Morgan fingerprint density at radius 3 is 2.39 bits per heavy atom. The van der Waals surface area contributed by atoms with Gasteiger partial charge in [0.2, 0.25) is 0 Å². The normalized spacial score (nSPS) is 17.2.